The third-order valence-electron chi connectivity index (χ3n) is 4.55. The lowest BCUT2D eigenvalue weighted by Crippen LogP contribution is -2.13. The largest absolute Gasteiger partial charge is 0.494 e. The number of amides is 1. The summed E-state index contributed by atoms with van der Waals surface area (Å²) in [4.78, 5) is 16.6. The summed E-state index contributed by atoms with van der Waals surface area (Å²) < 4.78 is 31.0. The highest BCUT2D eigenvalue weighted by Gasteiger charge is 2.20. The van der Waals surface area contributed by atoms with E-state index in [9.17, 15) is 13.2 Å². The summed E-state index contributed by atoms with van der Waals surface area (Å²) in [5.74, 6) is 0.651. The highest BCUT2D eigenvalue weighted by molar-refractivity contribution is 7.91. The number of nitrogens with one attached hydrogen (secondary N) is 1. The normalized spacial score (nSPS) is 11.3. The van der Waals surface area contributed by atoms with Crippen molar-refractivity contribution in [3.63, 3.8) is 0 Å². The Morgan fingerprint density at radius 2 is 1.67 bits per heavy atom. The fourth-order valence-electron chi connectivity index (χ4n) is 2.83. The van der Waals surface area contributed by atoms with Crippen molar-refractivity contribution in [2.45, 2.75) is 36.6 Å². The van der Waals surface area contributed by atoms with Gasteiger partial charge in [0.25, 0.3) is 5.91 Å². The van der Waals surface area contributed by atoms with Crippen molar-refractivity contribution in [3.8, 4) is 5.75 Å². The smallest absolute Gasteiger partial charge is 0.257 e. The topological polar surface area (TPSA) is 85.4 Å². The molecule has 3 rings (SSSR count). The van der Waals surface area contributed by atoms with Gasteiger partial charge in [-0.05, 0) is 66.9 Å². The molecule has 0 aliphatic heterocycles. The first-order chi connectivity index (χ1) is 14.3. The molecule has 1 heterocycles. The van der Waals surface area contributed by atoms with Crippen LogP contribution in [-0.4, -0.2) is 25.9 Å². The molecule has 3 aromatic rings. The summed E-state index contributed by atoms with van der Waals surface area (Å²) in [6, 6.07) is 16.6. The van der Waals surface area contributed by atoms with Crippen molar-refractivity contribution in [3.05, 3.63) is 78.0 Å². The van der Waals surface area contributed by atoms with E-state index in [0.29, 0.717) is 24.0 Å². The summed E-state index contributed by atoms with van der Waals surface area (Å²) in [7, 11) is -3.75. The third-order valence-corrected chi connectivity index (χ3v) is 6.24. The van der Waals surface area contributed by atoms with Gasteiger partial charge in [-0.25, -0.2) is 13.4 Å². The molecular formula is C23H24N2O4S. The molecular weight excluding hydrogens is 400 g/mol. The molecule has 7 heteroatoms. The predicted octanol–water partition coefficient (Wildman–Crippen LogP) is 4.69. The van der Waals surface area contributed by atoms with Crippen molar-refractivity contribution in [1.82, 2.24) is 4.98 Å². The van der Waals surface area contributed by atoms with E-state index in [1.165, 1.54) is 18.3 Å². The molecule has 156 valence electrons. The van der Waals surface area contributed by atoms with Gasteiger partial charge in [0.05, 0.1) is 17.1 Å². The van der Waals surface area contributed by atoms with Crippen LogP contribution in [0.25, 0.3) is 0 Å². The highest BCUT2D eigenvalue weighted by Crippen LogP contribution is 2.22. The lowest BCUT2D eigenvalue weighted by molar-refractivity contribution is 0.102. The van der Waals surface area contributed by atoms with Crippen LogP contribution in [0.15, 0.2) is 76.8 Å². The van der Waals surface area contributed by atoms with Crippen molar-refractivity contribution in [2.24, 2.45) is 0 Å². The maximum absolute atomic E-state index is 12.8. The van der Waals surface area contributed by atoms with Gasteiger partial charge in [0.15, 0.2) is 5.03 Å². The lowest BCUT2D eigenvalue weighted by atomic mass is 10.0. The van der Waals surface area contributed by atoms with Crippen LogP contribution < -0.4 is 10.1 Å². The Balaban J connectivity index is 1.73. The molecule has 1 N–H and O–H groups in total. The number of ether oxygens (including phenoxy) is 1. The molecule has 2 aromatic carbocycles. The van der Waals surface area contributed by atoms with Crippen molar-refractivity contribution in [1.29, 1.82) is 0 Å². The first-order valence-electron chi connectivity index (χ1n) is 9.66. The van der Waals surface area contributed by atoms with Gasteiger partial charge < -0.3 is 10.1 Å². The molecule has 0 aliphatic carbocycles. The molecule has 0 atom stereocenters. The second-order valence-electron chi connectivity index (χ2n) is 7.02. The zero-order valence-corrected chi connectivity index (χ0v) is 17.9. The molecule has 0 saturated carbocycles. The van der Waals surface area contributed by atoms with E-state index < -0.39 is 9.84 Å². The number of pyridine rings is 1. The van der Waals surface area contributed by atoms with E-state index in [2.05, 4.69) is 10.3 Å². The Hall–Kier alpha value is -3.19. The molecule has 0 bridgehead atoms. The second kappa shape index (κ2) is 9.09. The van der Waals surface area contributed by atoms with E-state index in [-0.39, 0.29) is 21.4 Å². The monoisotopic (exact) mass is 424 g/mol. The van der Waals surface area contributed by atoms with Crippen LogP contribution in [0.5, 0.6) is 5.75 Å². The minimum atomic E-state index is -3.75. The minimum absolute atomic E-state index is 0.0996. The number of hydrogen-bond acceptors (Lipinski definition) is 5. The van der Waals surface area contributed by atoms with Gasteiger partial charge in [-0.3, -0.25) is 4.79 Å². The second-order valence-corrected chi connectivity index (χ2v) is 8.92. The molecule has 1 aromatic heterocycles. The number of benzene rings is 2. The van der Waals surface area contributed by atoms with Crippen molar-refractivity contribution < 1.29 is 17.9 Å². The predicted molar refractivity (Wildman–Crippen MR) is 116 cm³/mol. The number of rotatable bonds is 7. The lowest BCUT2D eigenvalue weighted by Gasteiger charge is -2.09. The van der Waals surface area contributed by atoms with E-state index >= 15 is 0 Å². The number of carbonyl (C=O) groups excluding carboxylic acids is 1. The first kappa shape index (κ1) is 21.5. The average Bonchev–Trinajstić information content (AvgIpc) is 2.75. The minimum Gasteiger partial charge on any atom is -0.494 e. The van der Waals surface area contributed by atoms with Gasteiger partial charge in [-0.2, -0.15) is 0 Å². The van der Waals surface area contributed by atoms with Gasteiger partial charge in [-0.1, -0.05) is 26.0 Å². The molecule has 6 nitrogen and oxygen atoms in total. The van der Waals surface area contributed by atoms with E-state index in [0.717, 1.165) is 5.56 Å². The number of sulfone groups is 1. The number of anilines is 1. The Morgan fingerprint density at radius 3 is 2.20 bits per heavy atom. The van der Waals surface area contributed by atoms with Crippen LogP contribution >= 0.6 is 0 Å². The number of carbonyl (C=O) groups is 1. The SMILES string of the molecule is CCOc1ccc(NC(=O)c2ccc(S(=O)(=O)c3ccc(C(C)C)cc3)nc2)cc1. The van der Waals surface area contributed by atoms with Crippen LogP contribution in [0.1, 0.15) is 42.6 Å². The third kappa shape index (κ3) is 4.86. The number of hydrogen-bond donors (Lipinski definition) is 1. The standard InChI is InChI=1S/C23H24N2O4S/c1-4-29-20-10-8-19(9-11-20)25-23(26)18-7-14-22(24-15-18)30(27,28)21-12-5-17(6-13-21)16(2)3/h5-16H,4H2,1-3H3,(H,25,26). The Labute approximate surface area is 176 Å². The molecule has 0 saturated heterocycles. The maximum Gasteiger partial charge on any atom is 0.257 e. The maximum atomic E-state index is 12.8. The van der Waals surface area contributed by atoms with Gasteiger partial charge in [0.2, 0.25) is 9.84 Å². The first-order valence-corrected chi connectivity index (χ1v) is 11.1. The van der Waals surface area contributed by atoms with Crippen LogP contribution in [0.3, 0.4) is 0 Å². The fourth-order valence-corrected chi connectivity index (χ4v) is 4.01. The van der Waals surface area contributed by atoms with E-state index in [1.807, 2.05) is 20.8 Å². The summed E-state index contributed by atoms with van der Waals surface area (Å²) in [5.41, 5.74) is 1.92. The zero-order valence-electron chi connectivity index (χ0n) is 17.1. The molecule has 0 spiro atoms. The van der Waals surface area contributed by atoms with Crippen LogP contribution in [-0.2, 0) is 9.84 Å². The molecule has 0 fully saturated rings. The van der Waals surface area contributed by atoms with Crippen LogP contribution in [0, 0.1) is 0 Å². The van der Waals surface area contributed by atoms with Crippen LogP contribution in [0.4, 0.5) is 5.69 Å². The summed E-state index contributed by atoms with van der Waals surface area (Å²) in [6.07, 6.45) is 1.26. The van der Waals surface area contributed by atoms with Crippen LogP contribution in [0.2, 0.25) is 0 Å². The Morgan fingerprint density at radius 1 is 1.00 bits per heavy atom. The number of aromatic nitrogens is 1. The zero-order chi connectivity index (χ0) is 21.7. The quantitative estimate of drug-likeness (QED) is 0.595. The fraction of sp³-hybridized carbons (Fsp3) is 0.217. The summed E-state index contributed by atoms with van der Waals surface area (Å²) >= 11 is 0. The Kier molecular flexibility index (Phi) is 6.52. The van der Waals surface area contributed by atoms with E-state index in [4.69, 9.17) is 4.74 Å². The van der Waals surface area contributed by atoms with Crippen molar-refractivity contribution in [2.75, 3.05) is 11.9 Å². The van der Waals surface area contributed by atoms with E-state index in [1.54, 1.807) is 48.5 Å². The average molecular weight is 425 g/mol. The Bertz CT molecular complexity index is 1110. The van der Waals surface area contributed by atoms with Gasteiger partial charge in [0, 0.05) is 11.9 Å². The molecule has 1 amide bonds. The summed E-state index contributed by atoms with van der Waals surface area (Å²) in [5, 5.41) is 2.65. The highest BCUT2D eigenvalue weighted by atomic mass is 32.2. The molecule has 30 heavy (non-hydrogen) atoms. The van der Waals surface area contributed by atoms with Gasteiger partial charge in [-0.15, -0.1) is 0 Å². The van der Waals surface area contributed by atoms with Crippen molar-refractivity contribution >= 4 is 21.4 Å². The summed E-state index contributed by atoms with van der Waals surface area (Å²) in [6.45, 7) is 6.55. The van der Waals surface area contributed by atoms with Gasteiger partial charge in [0.1, 0.15) is 5.75 Å². The van der Waals surface area contributed by atoms with Gasteiger partial charge >= 0.3 is 0 Å². The molecule has 0 radical (unpaired) electrons. The number of nitrogens with zero attached hydrogens (tertiary/aromatic N) is 1. The molecule has 0 aliphatic rings. The molecule has 0 unspecified atom stereocenters.